The first kappa shape index (κ1) is 18.1. The second kappa shape index (κ2) is 7.52. The average Bonchev–Trinajstić information content (AvgIpc) is 2.67. The van der Waals surface area contributed by atoms with Crippen LogP contribution in [-0.4, -0.2) is 108 Å². The molecule has 2 aliphatic rings. The standard InChI is InChI=1S/C13H27N3O5S/c1-14(2)22(17,18)16-6-9-21-13(11-16)10-15(4-7-19-3)5-8-20-12-13/h4-12H2,1-3H3. The third-order valence-corrected chi connectivity index (χ3v) is 5.93. The number of hydrogen-bond acceptors (Lipinski definition) is 6. The van der Waals surface area contributed by atoms with Gasteiger partial charge in [-0.2, -0.15) is 17.0 Å². The molecule has 2 aliphatic heterocycles. The first-order chi connectivity index (χ1) is 10.4. The van der Waals surface area contributed by atoms with E-state index in [1.54, 1.807) is 21.2 Å². The van der Waals surface area contributed by atoms with E-state index in [1.807, 2.05) is 0 Å². The number of rotatable bonds is 5. The van der Waals surface area contributed by atoms with Crippen LogP contribution in [0.1, 0.15) is 0 Å². The molecule has 8 nitrogen and oxygen atoms in total. The van der Waals surface area contributed by atoms with Gasteiger partial charge in [0.1, 0.15) is 5.60 Å². The highest BCUT2D eigenvalue weighted by molar-refractivity contribution is 7.86. The fraction of sp³-hybridized carbons (Fsp3) is 1.00. The lowest BCUT2D eigenvalue weighted by molar-refractivity contribution is -0.127. The minimum atomic E-state index is -3.43. The van der Waals surface area contributed by atoms with Gasteiger partial charge in [0.25, 0.3) is 10.2 Å². The molecule has 1 unspecified atom stereocenters. The van der Waals surface area contributed by atoms with Crippen molar-refractivity contribution < 1.29 is 22.6 Å². The Morgan fingerprint density at radius 3 is 2.68 bits per heavy atom. The van der Waals surface area contributed by atoms with E-state index < -0.39 is 15.8 Å². The van der Waals surface area contributed by atoms with Crippen LogP contribution < -0.4 is 0 Å². The highest BCUT2D eigenvalue weighted by Gasteiger charge is 2.43. The summed E-state index contributed by atoms with van der Waals surface area (Å²) in [5.41, 5.74) is -0.606. The van der Waals surface area contributed by atoms with Gasteiger partial charge in [0.2, 0.25) is 0 Å². The third-order valence-electron chi connectivity index (χ3n) is 4.04. The zero-order chi connectivity index (χ0) is 16.2. The fourth-order valence-corrected chi connectivity index (χ4v) is 3.98. The van der Waals surface area contributed by atoms with Crippen molar-refractivity contribution in [2.75, 3.05) is 80.4 Å². The normalized spacial score (nSPS) is 29.1. The van der Waals surface area contributed by atoms with Gasteiger partial charge >= 0.3 is 0 Å². The molecule has 2 saturated heterocycles. The van der Waals surface area contributed by atoms with Crippen LogP contribution in [0, 0.1) is 0 Å². The van der Waals surface area contributed by atoms with Crippen molar-refractivity contribution in [1.29, 1.82) is 0 Å². The van der Waals surface area contributed by atoms with Crippen LogP contribution in [0.15, 0.2) is 0 Å². The van der Waals surface area contributed by atoms with Crippen LogP contribution in [0.2, 0.25) is 0 Å². The fourth-order valence-electron chi connectivity index (χ4n) is 2.82. The molecule has 22 heavy (non-hydrogen) atoms. The summed E-state index contributed by atoms with van der Waals surface area (Å²) in [5.74, 6) is 0. The minimum absolute atomic E-state index is 0.316. The Hall–Kier alpha value is -0.290. The van der Waals surface area contributed by atoms with Crippen molar-refractivity contribution in [3.8, 4) is 0 Å². The summed E-state index contributed by atoms with van der Waals surface area (Å²) >= 11 is 0. The van der Waals surface area contributed by atoms with Crippen molar-refractivity contribution in [3.05, 3.63) is 0 Å². The molecule has 1 atom stereocenters. The van der Waals surface area contributed by atoms with E-state index in [0.29, 0.717) is 46.1 Å². The van der Waals surface area contributed by atoms with Gasteiger partial charge < -0.3 is 14.2 Å². The first-order valence-corrected chi connectivity index (χ1v) is 8.90. The molecule has 0 N–H and O–H groups in total. The molecule has 1 spiro atoms. The number of methoxy groups -OCH3 is 1. The molecule has 0 aliphatic carbocycles. The Morgan fingerprint density at radius 1 is 1.23 bits per heavy atom. The summed E-state index contributed by atoms with van der Waals surface area (Å²) in [4.78, 5) is 2.21. The number of hydrogen-bond donors (Lipinski definition) is 0. The second-order valence-corrected chi connectivity index (χ2v) is 8.12. The van der Waals surface area contributed by atoms with E-state index in [2.05, 4.69) is 4.90 Å². The topological polar surface area (TPSA) is 71.6 Å². The summed E-state index contributed by atoms with van der Waals surface area (Å²) in [6.45, 7) is 4.98. The van der Waals surface area contributed by atoms with E-state index in [0.717, 1.165) is 13.1 Å². The van der Waals surface area contributed by atoms with Crippen LogP contribution in [-0.2, 0) is 24.4 Å². The van der Waals surface area contributed by atoms with Gasteiger partial charge in [0.15, 0.2) is 0 Å². The summed E-state index contributed by atoms with van der Waals surface area (Å²) < 4.78 is 44.3. The number of morpholine rings is 1. The molecule has 9 heteroatoms. The van der Waals surface area contributed by atoms with Crippen molar-refractivity contribution in [2.24, 2.45) is 0 Å². The molecule has 0 amide bonds. The highest BCUT2D eigenvalue weighted by Crippen LogP contribution is 2.24. The largest absolute Gasteiger partial charge is 0.383 e. The maximum Gasteiger partial charge on any atom is 0.281 e. The predicted octanol–water partition coefficient (Wildman–Crippen LogP) is -1.16. The van der Waals surface area contributed by atoms with Crippen LogP contribution in [0.25, 0.3) is 0 Å². The van der Waals surface area contributed by atoms with Crippen molar-refractivity contribution in [2.45, 2.75) is 5.60 Å². The van der Waals surface area contributed by atoms with Gasteiger partial charge in [-0.05, 0) is 0 Å². The Balaban J connectivity index is 2.10. The minimum Gasteiger partial charge on any atom is -0.383 e. The molecular weight excluding hydrogens is 310 g/mol. The van der Waals surface area contributed by atoms with Crippen LogP contribution in [0.5, 0.6) is 0 Å². The predicted molar refractivity (Wildman–Crippen MR) is 82.0 cm³/mol. The van der Waals surface area contributed by atoms with Crippen LogP contribution >= 0.6 is 0 Å². The molecule has 0 aromatic heterocycles. The maximum absolute atomic E-state index is 12.4. The third kappa shape index (κ3) is 4.16. The van der Waals surface area contributed by atoms with E-state index in [-0.39, 0.29) is 0 Å². The molecule has 0 aromatic rings. The zero-order valence-electron chi connectivity index (χ0n) is 13.7. The SMILES string of the molecule is COCCN1CCOCC2(C1)CN(S(=O)(=O)N(C)C)CCO2. The van der Waals surface area contributed by atoms with E-state index in [1.165, 1.54) is 8.61 Å². The van der Waals surface area contributed by atoms with E-state index in [4.69, 9.17) is 14.2 Å². The number of ether oxygens (including phenoxy) is 3. The summed E-state index contributed by atoms with van der Waals surface area (Å²) in [7, 11) is 1.33. The van der Waals surface area contributed by atoms with Gasteiger partial charge in [0, 0.05) is 53.9 Å². The summed E-state index contributed by atoms with van der Waals surface area (Å²) in [5, 5.41) is 0. The van der Waals surface area contributed by atoms with Gasteiger partial charge in [-0.15, -0.1) is 0 Å². The molecule has 2 fully saturated rings. The quantitative estimate of drug-likeness (QED) is 0.630. The molecule has 0 bridgehead atoms. The van der Waals surface area contributed by atoms with Crippen molar-refractivity contribution in [1.82, 2.24) is 13.5 Å². The average molecular weight is 337 g/mol. The molecule has 2 rings (SSSR count). The molecule has 0 aromatic carbocycles. The molecule has 0 saturated carbocycles. The van der Waals surface area contributed by atoms with Gasteiger partial charge in [-0.1, -0.05) is 0 Å². The Labute approximate surface area is 133 Å². The van der Waals surface area contributed by atoms with Crippen molar-refractivity contribution >= 4 is 10.2 Å². The summed E-state index contributed by atoms with van der Waals surface area (Å²) in [6.07, 6.45) is 0. The second-order valence-electron chi connectivity index (χ2n) is 5.98. The van der Waals surface area contributed by atoms with Crippen LogP contribution in [0.4, 0.5) is 0 Å². The highest BCUT2D eigenvalue weighted by atomic mass is 32.2. The summed E-state index contributed by atoms with van der Waals surface area (Å²) in [6, 6.07) is 0. The van der Waals surface area contributed by atoms with Gasteiger partial charge in [-0.25, -0.2) is 0 Å². The molecule has 2 heterocycles. The molecular formula is C13H27N3O5S. The lowest BCUT2D eigenvalue weighted by atomic mass is 10.0. The van der Waals surface area contributed by atoms with E-state index >= 15 is 0 Å². The maximum atomic E-state index is 12.4. The van der Waals surface area contributed by atoms with Crippen molar-refractivity contribution in [3.63, 3.8) is 0 Å². The van der Waals surface area contributed by atoms with Gasteiger partial charge in [0.05, 0.1) is 26.4 Å². The molecule has 0 radical (unpaired) electrons. The number of nitrogens with zero attached hydrogens (tertiary/aromatic N) is 3. The Morgan fingerprint density at radius 2 is 2.00 bits per heavy atom. The lowest BCUT2D eigenvalue weighted by Crippen LogP contribution is -2.61. The molecule has 130 valence electrons. The smallest absolute Gasteiger partial charge is 0.281 e. The Kier molecular flexibility index (Phi) is 6.17. The Bertz CT molecular complexity index is 459. The first-order valence-electron chi connectivity index (χ1n) is 7.50. The van der Waals surface area contributed by atoms with Crippen LogP contribution in [0.3, 0.4) is 0 Å². The monoisotopic (exact) mass is 337 g/mol. The lowest BCUT2D eigenvalue weighted by Gasteiger charge is -2.43. The van der Waals surface area contributed by atoms with E-state index in [9.17, 15) is 8.42 Å². The van der Waals surface area contributed by atoms with Gasteiger partial charge in [-0.3, -0.25) is 4.90 Å². The zero-order valence-corrected chi connectivity index (χ0v) is 14.5.